The number of nitrogens with one attached hydrogen (secondary N) is 1. The molecule has 0 saturated carbocycles. The fourth-order valence-corrected chi connectivity index (χ4v) is 2.27. The van der Waals surface area contributed by atoms with E-state index in [0.717, 1.165) is 23.1 Å². The minimum absolute atomic E-state index is 0.128. The Bertz CT molecular complexity index is 492. The van der Waals surface area contributed by atoms with Crippen molar-refractivity contribution in [2.24, 2.45) is 0 Å². The molecule has 3 nitrogen and oxygen atoms in total. The molecule has 21 heavy (non-hydrogen) atoms. The molecule has 0 aliphatic heterocycles. The van der Waals surface area contributed by atoms with E-state index in [1.165, 1.54) is 11.6 Å². The van der Waals surface area contributed by atoms with Crippen LogP contribution in [0.1, 0.15) is 39.2 Å². The van der Waals surface area contributed by atoms with Crippen molar-refractivity contribution in [2.75, 3.05) is 13.2 Å². The molecule has 0 aromatic heterocycles. The van der Waals surface area contributed by atoms with Crippen LogP contribution in [0.2, 0.25) is 0 Å². The smallest absolute Gasteiger partial charge is 0.243 e. The average molecular weight is 354 g/mol. The summed E-state index contributed by atoms with van der Waals surface area (Å²) in [5.74, 6) is 0.731. The molecule has 0 radical (unpaired) electrons. The molecule has 0 spiro atoms. The van der Waals surface area contributed by atoms with Crippen LogP contribution in [0.3, 0.4) is 0 Å². The number of carbonyl (C=O) groups excluding carboxylic acids is 1. The zero-order valence-electron chi connectivity index (χ0n) is 13.0. The first kappa shape index (κ1) is 17.8. The van der Waals surface area contributed by atoms with E-state index in [0.29, 0.717) is 13.2 Å². The molecule has 0 atom stereocenters. The van der Waals surface area contributed by atoms with E-state index < -0.39 is 0 Å². The number of hydrogen-bond donors (Lipinski definition) is 1. The molecule has 0 heterocycles. The number of hydrogen-bond acceptors (Lipinski definition) is 2. The number of ether oxygens (including phenoxy) is 1. The second-order valence-corrected chi connectivity index (χ2v) is 6.80. The third-order valence-corrected chi connectivity index (χ3v) is 3.73. The van der Waals surface area contributed by atoms with Crippen LogP contribution >= 0.6 is 15.9 Å². The van der Waals surface area contributed by atoms with Gasteiger partial charge in [0.15, 0.2) is 0 Å². The lowest BCUT2D eigenvalue weighted by Crippen LogP contribution is -2.22. The van der Waals surface area contributed by atoms with Crippen molar-refractivity contribution >= 4 is 21.8 Å². The predicted octanol–water partition coefficient (Wildman–Crippen LogP) is 4.21. The van der Waals surface area contributed by atoms with Crippen molar-refractivity contribution in [3.05, 3.63) is 40.9 Å². The summed E-state index contributed by atoms with van der Waals surface area (Å²) in [4.78, 5) is 11.0. The van der Waals surface area contributed by atoms with Crippen molar-refractivity contribution in [1.29, 1.82) is 0 Å². The number of benzene rings is 1. The van der Waals surface area contributed by atoms with Crippen molar-refractivity contribution in [3.63, 3.8) is 0 Å². The van der Waals surface area contributed by atoms with Gasteiger partial charge in [0.2, 0.25) is 5.91 Å². The van der Waals surface area contributed by atoms with Gasteiger partial charge in [-0.3, -0.25) is 4.79 Å². The van der Waals surface area contributed by atoms with Crippen LogP contribution in [0.25, 0.3) is 0 Å². The van der Waals surface area contributed by atoms with Crippen LogP contribution in [-0.4, -0.2) is 19.1 Å². The quantitative estimate of drug-likeness (QED) is 0.589. The van der Waals surface area contributed by atoms with Gasteiger partial charge in [0.05, 0.1) is 11.1 Å². The lowest BCUT2D eigenvalue weighted by molar-refractivity contribution is -0.116. The molecule has 116 valence electrons. The van der Waals surface area contributed by atoms with Gasteiger partial charge in [0, 0.05) is 6.54 Å². The van der Waals surface area contributed by atoms with E-state index in [9.17, 15) is 4.79 Å². The molecule has 0 aliphatic rings. The lowest BCUT2D eigenvalue weighted by Gasteiger charge is -2.20. The Balaban J connectivity index is 2.36. The maximum Gasteiger partial charge on any atom is 0.243 e. The normalized spacial score (nSPS) is 11.0. The van der Waals surface area contributed by atoms with Crippen molar-refractivity contribution in [3.8, 4) is 5.75 Å². The van der Waals surface area contributed by atoms with E-state index in [2.05, 4.69) is 60.7 Å². The molecule has 1 aromatic carbocycles. The second-order valence-electron chi connectivity index (χ2n) is 5.95. The summed E-state index contributed by atoms with van der Waals surface area (Å²) in [7, 11) is 0. The highest BCUT2D eigenvalue weighted by Gasteiger charge is 2.15. The van der Waals surface area contributed by atoms with Gasteiger partial charge >= 0.3 is 0 Å². The SMILES string of the molecule is C=CC(=O)NCCCCOc1ccc(C(C)(C)C)cc1Br. The maximum absolute atomic E-state index is 11.0. The first-order chi connectivity index (χ1) is 9.84. The van der Waals surface area contributed by atoms with Crippen LogP contribution in [-0.2, 0) is 10.2 Å². The van der Waals surface area contributed by atoms with Gasteiger partial charge in [-0.05, 0) is 58.0 Å². The van der Waals surface area contributed by atoms with E-state index in [1.54, 1.807) is 0 Å². The molecule has 0 bridgehead atoms. The third-order valence-electron chi connectivity index (χ3n) is 3.11. The Morgan fingerprint density at radius 3 is 2.67 bits per heavy atom. The molecular formula is C17H24BrNO2. The molecule has 1 amide bonds. The van der Waals surface area contributed by atoms with Crippen LogP contribution in [0, 0.1) is 0 Å². The number of rotatable bonds is 7. The summed E-state index contributed by atoms with van der Waals surface area (Å²) >= 11 is 3.56. The zero-order chi connectivity index (χ0) is 15.9. The van der Waals surface area contributed by atoms with Gasteiger partial charge in [0.25, 0.3) is 0 Å². The zero-order valence-corrected chi connectivity index (χ0v) is 14.6. The lowest BCUT2D eigenvalue weighted by atomic mass is 9.87. The highest BCUT2D eigenvalue weighted by Crippen LogP contribution is 2.31. The minimum Gasteiger partial charge on any atom is -0.492 e. The molecule has 4 heteroatoms. The Hall–Kier alpha value is -1.29. The Morgan fingerprint density at radius 1 is 1.38 bits per heavy atom. The van der Waals surface area contributed by atoms with Gasteiger partial charge in [-0.2, -0.15) is 0 Å². The van der Waals surface area contributed by atoms with Gasteiger partial charge in [-0.15, -0.1) is 0 Å². The Kier molecular flexibility index (Phi) is 6.96. The van der Waals surface area contributed by atoms with E-state index in [-0.39, 0.29) is 11.3 Å². The average Bonchev–Trinajstić information content (AvgIpc) is 2.42. The fourth-order valence-electron chi connectivity index (χ4n) is 1.78. The van der Waals surface area contributed by atoms with Crippen molar-refractivity contribution in [2.45, 2.75) is 39.0 Å². The summed E-state index contributed by atoms with van der Waals surface area (Å²) < 4.78 is 6.74. The first-order valence-electron chi connectivity index (χ1n) is 7.17. The van der Waals surface area contributed by atoms with E-state index in [1.807, 2.05) is 6.07 Å². The van der Waals surface area contributed by atoms with Crippen molar-refractivity contribution in [1.82, 2.24) is 5.32 Å². The maximum atomic E-state index is 11.0. The van der Waals surface area contributed by atoms with Gasteiger partial charge in [-0.1, -0.05) is 33.4 Å². The molecule has 0 saturated heterocycles. The summed E-state index contributed by atoms with van der Waals surface area (Å²) in [6, 6.07) is 6.22. The highest BCUT2D eigenvalue weighted by atomic mass is 79.9. The Labute approximate surface area is 135 Å². The van der Waals surface area contributed by atoms with Crippen LogP contribution < -0.4 is 10.1 Å². The van der Waals surface area contributed by atoms with Crippen molar-refractivity contribution < 1.29 is 9.53 Å². The van der Waals surface area contributed by atoms with Gasteiger partial charge in [-0.25, -0.2) is 0 Å². The largest absolute Gasteiger partial charge is 0.492 e. The van der Waals surface area contributed by atoms with Crippen LogP contribution in [0.5, 0.6) is 5.75 Å². The third kappa shape index (κ3) is 6.34. The topological polar surface area (TPSA) is 38.3 Å². The van der Waals surface area contributed by atoms with E-state index in [4.69, 9.17) is 4.74 Å². The van der Waals surface area contributed by atoms with E-state index >= 15 is 0 Å². The fraction of sp³-hybridized carbons (Fsp3) is 0.471. The Morgan fingerprint density at radius 2 is 2.10 bits per heavy atom. The first-order valence-corrected chi connectivity index (χ1v) is 7.97. The summed E-state index contributed by atoms with van der Waals surface area (Å²) in [5.41, 5.74) is 1.40. The standard InChI is InChI=1S/C17H24BrNO2/c1-5-16(20)19-10-6-7-11-21-15-9-8-13(12-14(15)18)17(2,3)4/h5,8-9,12H,1,6-7,10-11H2,2-4H3,(H,19,20). The van der Waals surface area contributed by atoms with Crippen LogP contribution in [0.15, 0.2) is 35.3 Å². The predicted molar refractivity (Wildman–Crippen MR) is 90.8 cm³/mol. The number of amides is 1. The van der Waals surface area contributed by atoms with Crippen LogP contribution in [0.4, 0.5) is 0 Å². The molecule has 1 N–H and O–H groups in total. The number of halogens is 1. The summed E-state index contributed by atoms with van der Waals surface area (Å²) in [6.45, 7) is 11.3. The highest BCUT2D eigenvalue weighted by molar-refractivity contribution is 9.10. The minimum atomic E-state index is -0.128. The number of unbranched alkanes of at least 4 members (excludes halogenated alkanes) is 1. The number of carbonyl (C=O) groups is 1. The molecule has 0 aliphatic carbocycles. The molecule has 1 rings (SSSR count). The molecular weight excluding hydrogens is 330 g/mol. The van der Waals surface area contributed by atoms with Gasteiger partial charge in [0.1, 0.15) is 5.75 Å². The van der Waals surface area contributed by atoms with Gasteiger partial charge < -0.3 is 10.1 Å². The molecule has 0 fully saturated rings. The summed E-state index contributed by atoms with van der Waals surface area (Å²) in [6.07, 6.45) is 3.06. The monoisotopic (exact) mass is 353 g/mol. The second kappa shape index (κ2) is 8.23. The molecule has 0 unspecified atom stereocenters. The molecule has 1 aromatic rings. The summed E-state index contributed by atoms with van der Waals surface area (Å²) in [5, 5.41) is 2.74.